The summed E-state index contributed by atoms with van der Waals surface area (Å²) in [6.07, 6.45) is 3.20. The van der Waals surface area contributed by atoms with Gasteiger partial charge in [-0.05, 0) is 37.3 Å². The Balaban J connectivity index is 2.13. The Hall–Kier alpha value is -1.87. The first kappa shape index (κ1) is 16.5. The minimum Gasteiger partial charge on any atom is -0.497 e. The molecule has 118 valence electrons. The molecule has 6 heteroatoms. The molecular formula is C16H20N2O3S. The van der Waals surface area contributed by atoms with Crippen molar-refractivity contribution in [3.8, 4) is 6.07 Å². The fourth-order valence-corrected chi connectivity index (χ4v) is 3.32. The van der Waals surface area contributed by atoms with Crippen molar-refractivity contribution in [1.82, 2.24) is 5.32 Å². The Morgan fingerprint density at radius 3 is 2.91 bits per heavy atom. The van der Waals surface area contributed by atoms with Crippen molar-refractivity contribution in [3.63, 3.8) is 0 Å². The minimum atomic E-state index is -0.922. The zero-order valence-corrected chi connectivity index (χ0v) is 13.8. The number of nitriles is 1. The van der Waals surface area contributed by atoms with E-state index in [0.29, 0.717) is 36.0 Å². The fourth-order valence-electron chi connectivity index (χ4n) is 2.31. The first-order valence-corrected chi connectivity index (χ1v) is 8.07. The molecule has 2 rings (SSSR count). The molecule has 0 amide bonds. The monoisotopic (exact) mass is 320 g/mol. The number of thioether (sulfide) groups is 1. The van der Waals surface area contributed by atoms with Gasteiger partial charge in [-0.25, -0.2) is 4.79 Å². The zero-order chi connectivity index (χ0) is 16.3. The summed E-state index contributed by atoms with van der Waals surface area (Å²) in [5.41, 5.74) is 1.71. The van der Waals surface area contributed by atoms with Crippen LogP contribution in [0.25, 0.3) is 0 Å². The topological polar surface area (TPSA) is 82.3 Å². The third-order valence-corrected chi connectivity index (χ3v) is 4.72. The predicted octanol–water partition coefficient (Wildman–Crippen LogP) is 3.34. The van der Waals surface area contributed by atoms with E-state index < -0.39 is 5.97 Å². The Morgan fingerprint density at radius 1 is 1.64 bits per heavy atom. The molecule has 1 atom stereocenters. The second-order valence-corrected chi connectivity index (χ2v) is 6.84. The van der Waals surface area contributed by atoms with Gasteiger partial charge in [-0.3, -0.25) is 0 Å². The summed E-state index contributed by atoms with van der Waals surface area (Å²) in [5, 5.41) is 22.5. The van der Waals surface area contributed by atoms with Crippen LogP contribution in [0.4, 0.5) is 0 Å². The average Bonchev–Trinajstić information content (AvgIpc) is 2.87. The molecule has 0 spiro atoms. The average molecular weight is 320 g/mol. The van der Waals surface area contributed by atoms with Crippen LogP contribution in [0.2, 0.25) is 0 Å². The van der Waals surface area contributed by atoms with Gasteiger partial charge >= 0.3 is 5.97 Å². The lowest BCUT2D eigenvalue weighted by atomic mass is 9.91. The van der Waals surface area contributed by atoms with Crippen LogP contribution < -0.4 is 5.32 Å². The molecule has 22 heavy (non-hydrogen) atoms. The Morgan fingerprint density at radius 2 is 2.36 bits per heavy atom. The number of carboxylic acids is 1. The van der Waals surface area contributed by atoms with Gasteiger partial charge in [-0.2, -0.15) is 5.26 Å². The molecule has 0 aromatic carbocycles. The number of aliphatic carboxylic acids is 1. The van der Waals surface area contributed by atoms with Crippen LogP contribution in [-0.4, -0.2) is 17.7 Å². The number of allylic oxidation sites excluding steroid dienone is 4. The number of rotatable bonds is 4. The lowest BCUT2D eigenvalue weighted by molar-refractivity contribution is -0.131. The smallest absolute Gasteiger partial charge is 0.344 e. The third-order valence-electron chi connectivity index (χ3n) is 3.44. The molecule has 5 nitrogen and oxygen atoms in total. The Kier molecular flexibility index (Phi) is 5.19. The van der Waals surface area contributed by atoms with Gasteiger partial charge in [0.2, 0.25) is 0 Å². The molecule has 0 saturated carbocycles. The normalized spacial score (nSPS) is 24.9. The zero-order valence-electron chi connectivity index (χ0n) is 13.0. The van der Waals surface area contributed by atoms with E-state index in [9.17, 15) is 10.1 Å². The van der Waals surface area contributed by atoms with Gasteiger partial charge in [0.1, 0.15) is 16.6 Å². The highest BCUT2D eigenvalue weighted by Crippen LogP contribution is 2.40. The largest absolute Gasteiger partial charge is 0.497 e. The predicted molar refractivity (Wildman–Crippen MR) is 85.3 cm³/mol. The maximum Gasteiger partial charge on any atom is 0.344 e. The fraction of sp³-hybridized carbons (Fsp3) is 0.500. The van der Waals surface area contributed by atoms with E-state index in [1.165, 1.54) is 11.8 Å². The Labute approximate surface area is 134 Å². The number of carboxylic acid groups (broad SMARTS) is 1. The molecule has 1 aliphatic carbocycles. The van der Waals surface area contributed by atoms with Gasteiger partial charge in [0.05, 0.1) is 17.7 Å². The minimum absolute atomic E-state index is 0.299. The van der Waals surface area contributed by atoms with Gasteiger partial charge in [-0.15, -0.1) is 0 Å². The van der Waals surface area contributed by atoms with Crippen molar-refractivity contribution < 1.29 is 14.6 Å². The lowest BCUT2D eigenvalue weighted by Crippen LogP contribution is -2.16. The number of nitrogens with zero attached hydrogens (tertiary/aromatic N) is 1. The highest BCUT2D eigenvalue weighted by Gasteiger charge is 2.28. The molecule has 1 unspecified atom stereocenters. The molecule has 2 aliphatic rings. The van der Waals surface area contributed by atoms with E-state index >= 15 is 0 Å². The summed E-state index contributed by atoms with van der Waals surface area (Å²) < 4.78 is 5.72. The van der Waals surface area contributed by atoms with Crippen molar-refractivity contribution in [2.45, 2.75) is 33.6 Å². The SMILES string of the molecule is CC1=C(C(=O)O)S/C(=C2/CC=C(OCC(C)C)C(C#N)C2)N1. The maximum atomic E-state index is 11.1. The van der Waals surface area contributed by atoms with E-state index in [-0.39, 0.29) is 5.92 Å². The van der Waals surface area contributed by atoms with Crippen LogP contribution in [-0.2, 0) is 9.53 Å². The number of nitrogens with one attached hydrogen (secondary N) is 1. The van der Waals surface area contributed by atoms with Crippen LogP contribution in [0.1, 0.15) is 33.6 Å². The summed E-state index contributed by atoms with van der Waals surface area (Å²) >= 11 is 1.23. The summed E-state index contributed by atoms with van der Waals surface area (Å²) in [6.45, 7) is 6.49. The molecule has 1 heterocycles. The van der Waals surface area contributed by atoms with Crippen molar-refractivity contribution in [2.75, 3.05) is 6.61 Å². The first-order valence-electron chi connectivity index (χ1n) is 7.25. The summed E-state index contributed by atoms with van der Waals surface area (Å²) in [4.78, 5) is 11.5. The third kappa shape index (κ3) is 3.66. The lowest BCUT2D eigenvalue weighted by Gasteiger charge is -2.23. The van der Waals surface area contributed by atoms with Crippen LogP contribution in [0, 0.1) is 23.2 Å². The van der Waals surface area contributed by atoms with Gasteiger partial charge in [0.25, 0.3) is 0 Å². The Bertz CT molecular complexity index is 611. The summed E-state index contributed by atoms with van der Waals surface area (Å²) in [7, 11) is 0. The van der Waals surface area contributed by atoms with E-state index in [4.69, 9.17) is 9.84 Å². The second-order valence-electron chi connectivity index (χ2n) is 5.82. The van der Waals surface area contributed by atoms with E-state index in [1.54, 1.807) is 6.92 Å². The van der Waals surface area contributed by atoms with Crippen LogP contribution in [0.5, 0.6) is 0 Å². The molecule has 0 radical (unpaired) electrons. The number of hydrogen-bond donors (Lipinski definition) is 2. The molecule has 0 aromatic rings. The van der Waals surface area contributed by atoms with Gasteiger partial charge < -0.3 is 15.2 Å². The number of hydrogen-bond acceptors (Lipinski definition) is 5. The molecule has 0 bridgehead atoms. The van der Waals surface area contributed by atoms with Crippen LogP contribution >= 0.6 is 11.8 Å². The molecule has 1 aliphatic heterocycles. The number of ether oxygens (including phenoxy) is 1. The molecule has 0 aromatic heterocycles. The van der Waals surface area contributed by atoms with Crippen LogP contribution in [0.3, 0.4) is 0 Å². The highest BCUT2D eigenvalue weighted by atomic mass is 32.2. The summed E-state index contributed by atoms with van der Waals surface area (Å²) in [5.74, 6) is -0.0648. The highest BCUT2D eigenvalue weighted by molar-refractivity contribution is 8.07. The first-order chi connectivity index (χ1) is 10.4. The van der Waals surface area contributed by atoms with Gasteiger partial charge in [0.15, 0.2) is 0 Å². The molecule has 0 fully saturated rings. The van der Waals surface area contributed by atoms with E-state index in [1.807, 2.05) is 6.08 Å². The van der Waals surface area contributed by atoms with Crippen LogP contribution in [0.15, 0.2) is 33.0 Å². The standard InChI is InChI=1S/C16H20N2O3S/c1-9(2)8-21-13-5-4-11(6-12(13)7-17)15-18-10(3)14(22-15)16(19)20/h5,9,12,18H,4,6,8H2,1-3H3,(H,19,20)/b15-11-. The second kappa shape index (κ2) is 6.93. The van der Waals surface area contributed by atoms with Crippen molar-refractivity contribution in [1.29, 1.82) is 5.26 Å². The van der Waals surface area contributed by atoms with Gasteiger partial charge in [-0.1, -0.05) is 25.6 Å². The molecular weight excluding hydrogens is 300 g/mol. The molecule has 2 N–H and O–H groups in total. The van der Waals surface area contributed by atoms with Gasteiger partial charge in [0, 0.05) is 5.70 Å². The maximum absolute atomic E-state index is 11.1. The number of carbonyl (C=O) groups is 1. The quantitative estimate of drug-likeness (QED) is 0.826. The van der Waals surface area contributed by atoms with Crippen molar-refractivity contribution in [3.05, 3.63) is 33.0 Å². The van der Waals surface area contributed by atoms with E-state index in [2.05, 4.69) is 25.2 Å². The summed E-state index contributed by atoms with van der Waals surface area (Å²) in [6, 6.07) is 2.28. The van der Waals surface area contributed by atoms with Crippen molar-refractivity contribution in [2.24, 2.45) is 11.8 Å². The van der Waals surface area contributed by atoms with Crippen molar-refractivity contribution >= 4 is 17.7 Å². The van der Waals surface area contributed by atoms with E-state index in [0.717, 1.165) is 16.4 Å². The molecule has 0 saturated heterocycles.